The molecule has 0 aromatic carbocycles. The van der Waals surface area contributed by atoms with E-state index in [4.69, 9.17) is 20.4 Å². The summed E-state index contributed by atoms with van der Waals surface area (Å²) in [6.07, 6.45) is 0.641. The van der Waals surface area contributed by atoms with Gasteiger partial charge in [-0.05, 0) is 13.8 Å². The zero-order chi connectivity index (χ0) is 14.2. The molecule has 0 amide bonds. The quantitative estimate of drug-likeness (QED) is 0.397. The molecule has 0 bridgehead atoms. The van der Waals surface area contributed by atoms with Crippen LogP contribution in [0.4, 0.5) is 0 Å². The van der Waals surface area contributed by atoms with Crippen LogP contribution in [0.5, 0.6) is 0 Å². The minimum Gasteiger partial charge on any atom is -0.481 e. The van der Waals surface area contributed by atoms with Crippen LogP contribution in [0.1, 0.15) is 13.8 Å². The van der Waals surface area contributed by atoms with Gasteiger partial charge in [0.15, 0.2) is 5.92 Å². The summed E-state index contributed by atoms with van der Waals surface area (Å²) in [7, 11) is 0. The Morgan fingerprint density at radius 2 is 1.29 bits per heavy atom. The highest BCUT2D eigenvalue weighted by atomic mass is 16.4. The molecular formula is C9H12O8. The first kappa shape index (κ1) is 17.0. The van der Waals surface area contributed by atoms with Crippen molar-refractivity contribution in [3.05, 3.63) is 11.6 Å². The largest absolute Gasteiger partial charge is 0.481 e. The lowest BCUT2D eigenvalue weighted by Gasteiger charge is -1.94. The van der Waals surface area contributed by atoms with E-state index in [9.17, 15) is 19.2 Å². The lowest BCUT2D eigenvalue weighted by atomic mass is 10.2. The van der Waals surface area contributed by atoms with Crippen molar-refractivity contribution >= 4 is 23.9 Å². The first-order valence-corrected chi connectivity index (χ1v) is 4.19. The van der Waals surface area contributed by atoms with Crippen LogP contribution in [0.25, 0.3) is 0 Å². The molecule has 0 fully saturated rings. The van der Waals surface area contributed by atoms with E-state index in [0.717, 1.165) is 6.92 Å². The molecule has 0 aromatic heterocycles. The fourth-order valence-electron chi connectivity index (χ4n) is 0.353. The molecule has 0 saturated carbocycles. The van der Waals surface area contributed by atoms with Crippen molar-refractivity contribution in [1.82, 2.24) is 0 Å². The topological polar surface area (TPSA) is 149 Å². The normalized spacial score (nSPS) is 10.2. The number of rotatable bonds is 4. The second-order valence-corrected chi connectivity index (χ2v) is 2.87. The van der Waals surface area contributed by atoms with Crippen LogP contribution in [-0.2, 0) is 19.2 Å². The van der Waals surface area contributed by atoms with E-state index in [1.807, 2.05) is 0 Å². The number of aliphatic carboxylic acids is 4. The lowest BCUT2D eigenvalue weighted by molar-refractivity contribution is -0.153. The molecule has 0 rings (SSSR count). The second-order valence-electron chi connectivity index (χ2n) is 2.87. The maximum absolute atomic E-state index is 9.90. The Morgan fingerprint density at radius 1 is 0.941 bits per heavy atom. The van der Waals surface area contributed by atoms with E-state index in [-0.39, 0.29) is 5.57 Å². The minimum absolute atomic E-state index is 0.178. The highest BCUT2D eigenvalue weighted by Crippen LogP contribution is 1.91. The van der Waals surface area contributed by atoms with Crippen LogP contribution in [0, 0.1) is 5.92 Å². The van der Waals surface area contributed by atoms with Crippen molar-refractivity contribution < 1.29 is 39.6 Å². The molecule has 0 saturated heterocycles. The van der Waals surface area contributed by atoms with Gasteiger partial charge >= 0.3 is 23.9 Å². The summed E-state index contributed by atoms with van der Waals surface area (Å²) in [4.78, 5) is 39.2. The summed E-state index contributed by atoms with van der Waals surface area (Å²) in [6.45, 7) is 2.33. The predicted octanol–water partition coefficient (Wildman–Crippen LogP) is -0.106. The molecule has 0 aromatic rings. The standard InChI is InChI=1S/C5H6O4.C4H6O4/c1-3(5(8)9)2-4(6)7;1-2(3(5)6)4(7)8/h2H,1H3,(H,6,7)(H,8,9);2H,1H3,(H,5,6)(H,7,8)/b3-2-;. The molecule has 0 aliphatic carbocycles. The molecule has 0 unspecified atom stereocenters. The molecule has 0 heterocycles. The molecule has 0 atom stereocenters. The van der Waals surface area contributed by atoms with Crippen molar-refractivity contribution in [2.24, 2.45) is 5.92 Å². The number of carbonyl (C=O) groups is 4. The van der Waals surface area contributed by atoms with Gasteiger partial charge in [0.1, 0.15) is 0 Å². The maximum atomic E-state index is 9.90. The molecule has 4 N–H and O–H groups in total. The van der Waals surface area contributed by atoms with Gasteiger partial charge < -0.3 is 20.4 Å². The summed E-state index contributed by atoms with van der Waals surface area (Å²) in [5.74, 6) is -6.36. The highest BCUT2D eigenvalue weighted by molar-refractivity contribution is 5.94. The van der Waals surface area contributed by atoms with Crippen molar-refractivity contribution in [2.45, 2.75) is 13.8 Å². The Labute approximate surface area is 95.8 Å². The number of hydrogen-bond donors (Lipinski definition) is 4. The van der Waals surface area contributed by atoms with E-state index in [0.29, 0.717) is 6.08 Å². The van der Waals surface area contributed by atoms with E-state index in [1.165, 1.54) is 6.92 Å². The van der Waals surface area contributed by atoms with Gasteiger partial charge in [-0.3, -0.25) is 9.59 Å². The SMILES string of the molecule is C/C(=C/C(=O)O)C(=O)O.CC(C(=O)O)C(=O)O. The third-order valence-corrected chi connectivity index (χ3v) is 1.42. The summed E-state index contributed by atoms with van der Waals surface area (Å²) in [6, 6.07) is 0. The molecule has 8 heteroatoms. The smallest absolute Gasteiger partial charge is 0.331 e. The van der Waals surface area contributed by atoms with Gasteiger partial charge in [0.25, 0.3) is 0 Å². The molecule has 0 radical (unpaired) electrons. The van der Waals surface area contributed by atoms with Crippen LogP contribution in [-0.4, -0.2) is 44.3 Å². The summed E-state index contributed by atoms with van der Waals surface area (Å²) < 4.78 is 0. The molecule has 0 aliphatic heterocycles. The van der Waals surface area contributed by atoms with Crippen LogP contribution >= 0.6 is 0 Å². The number of hydrogen-bond acceptors (Lipinski definition) is 4. The Hall–Kier alpha value is -2.38. The summed E-state index contributed by atoms with van der Waals surface area (Å²) >= 11 is 0. The first-order chi connectivity index (χ1) is 7.59. The number of carboxylic acids is 4. The molecule has 96 valence electrons. The molecule has 0 aliphatic rings. The number of carboxylic acid groups (broad SMARTS) is 4. The zero-order valence-corrected chi connectivity index (χ0v) is 9.08. The van der Waals surface area contributed by atoms with Crippen LogP contribution in [0.15, 0.2) is 11.6 Å². The summed E-state index contributed by atoms with van der Waals surface area (Å²) in [5.41, 5.74) is -0.178. The van der Waals surface area contributed by atoms with E-state index in [2.05, 4.69) is 0 Å². The molecule has 8 nitrogen and oxygen atoms in total. The zero-order valence-electron chi connectivity index (χ0n) is 9.08. The monoisotopic (exact) mass is 248 g/mol. The van der Waals surface area contributed by atoms with Gasteiger partial charge in [-0.15, -0.1) is 0 Å². The van der Waals surface area contributed by atoms with Crippen LogP contribution in [0.3, 0.4) is 0 Å². The second kappa shape index (κ2) is 7.85. The van der Waals surface area contributed by atoms with Crippen molar-refractivity contribution in [1.29, 1.82) is 0 Å². The van der Waals surface area contributed by atoms with Crippen molar-refractivity contribution in [3.8, 4) is 0 Å². The Balaban J connectivity index is 0. The average molecular weight is 248 g/mol. The Morgan fingerprint density at radius 3 is 1.35 bits per heavy atom. The van der Waals surface area contributed by atoms with E-state index >= 15 is 0 Å². The summed E-state index contributed by atoms with van der Waals surface area (Å²) in [5, 5.41) is 32.0. The Kier molecular flexibility index (Phi) is 7.87. The lowest BCUT2D eigenvalue weighted by Crippen LogP contribution is -2.19. The third-order valence-electron chi connectivity index (χ3n) is 1.42. The van der Waals surface area contributed by atoms with Gasteiger partial charge in [0.2, 0.25) is 0 Å². The first-order valence-electron chi connectivity index (χ1n) is 4.19. The van der Waals surface area contributed by atoms with Crippen molar-refractivity contribution in [3.63, 3.8) is 0 Å². The van der Waals surface area contributed by atoms with E-state index < -0.39 is 29.8 Å². The highest BCUT2D eigenvalue weighted by Gasteiger charge is 2.18. The minimum atomic E-state index is -1.31. The molecular weight excluding hydrogens is 236 g/mol. The third kappa shape index (κ3) is 9.91. The fraction of sp³-hybridized carbons (Fsp3) is 0.333. The Bertz CT molecular complexity index is 340. The van der Waals surface area contributed by atoms with Gasteiger partial charge in [-0.2, -0.15) is 0 Å². The van der Waals surface area contributed by atoms with Crippen molar-refractivity contribution in [2.75, 3.05) is 0 Å². The fourth-order valence-corrected chi connectivity index (χ4v) is 0.353. The molecule has 0 spiro atoms. The van der Waals surface area contributed by atoms with Gasteiger partial charge in [0.05, 0.1) is 0 Å². The van der Waals surface area contributed by atoms with Gasteiger partial charge in [-0.1, -0.05) is 0 Å². The van der Waals surface area contributed by atoms with Crippen LogP contribution in [0.2, 0.25) is 0 Å². The maximum Gasteiger partial charge on any atom is 0.331 e. The predicted molar refractivity (Wildman–Crippen MR) is 53.5 cm³/mol. The molecule has 17 heavy (non-hydrogen) atoms. The average Bonchev–Trinajstić information content (AvgIpc) is 2.15. The van der Waals surface area contributed by atoms with Crippen LogP contribution < -0.4 is 0 Å². The van der Waals surface area contributed by atoms with E-state index in [1.54, 1.807) is 0 Å². The van der Waals surface area contributed by atoms with Gasteiger partial charge in [-0.25, -0.2) is 9.59 Å². The van der Waals surface area contributed by atoms with Gasteiger partial charge in [0, 0.05) is 11.6 Å².